The van der Waals surface area contributed by atoms with Crippen LogP contribution >= 0.6 is 11.6 Å². The monoisotopic (exact) mass is 614 g/mol. The summed E-state index contributed by atoms with van der Waals surface area (Å²) in [7, 11) is -1.85. The maximum absolute atomic E-state index is 13.7. The quantitative estimate of drug-likeness (QED) is 0.228. The molecular formula is C31H39ClN4O5S. The Bertz CT molecular complexity index is 1470. The zero-order valence-corrected chi connectivity index (χ0v) is 25.5. The van der Waals surface area contributed by atoms with Gasteiger partial charge >= 0.3 is 0 Å². The number of aliphatic hydroxyl groups excluding tert-OH is 1. The number of aliphatic hydroxyl groups is 1. The van der Waals surface area contributed by atoms with Gasteiger partial charge in [0.05, 0.1) is 30.7 Å². The van der Waals surface area contributed by atoms with Crippen LogP contribution in [-0.2, 0) is 23.0 Å². The van der Waals surface area contributed by atoms with Crippen molar-refractivity contribution in [2.24, 2.45) is 0 Å². The molecule has 9 nitrogen and oxygen atoms in total. The minimum Gasteiger partial charge on any atom is -0.497 e. The van der Waals surface area contributed by atoms with Crippen LogP contribution in [0.25, 0.3) is 0 Å². The third-order valence-corrected chi connectivity index (χ3v) is 9.25. The molecule has 11 heteroatoms. The lowest BCUT2D eigenvalue weighted by molar-refractivity contribution is 0.0830. The highest BCUT2D eigenvalue weighted by Gasteiger charge is 2.28. The molecule has 2 atom stereocenters. The van der Waals surface area contributed by atoms with Crippen molar-refractivity contribution >= 4 is 38.9 Å². The van der Waals surface area contributed by atoms with E-state index in [1.165, 1.54) is 4.31 Å². The van der Waals surface area contributed by atoms with Crippen LogP contribution in [0.1, 0.15) is 41.3 Å². The molecule has 1 fully saturated rings. The fourth-order valence-corrected chi connectivity index (χ4v) is 6.85. The second-order valence-electron chi connectivity index (χ2n) is 10.4. The molecule has 4 N–H and O–H groups in total. The van der Waals surface area contributed by atoms with Gasteiger partial charge in [0, 0.05) is 42.5 Å². The number of halogens is 1. The van der Waals surface area contributed by atoms with Gasteiger partial charge in [0.25, 0.3) is 5.91 Å². The van der Waals surface area contributed by atoms with E-state index >= 15 is 0 Å². The minimum absolute atomic E-state index is 0.0800. The Morgan fingerprint density at radius 3 is 2.60 bits per heavy atom. The van der Waals surface area contributed by atoms with Crippen LogP contribution in [0.5, 0.6) is 5.75 Å². The van der Waals surface area contributed by atoms with E-state index in [0.717, 1.165) is 23.3 Å². The number of nitrogens with zero attached hydrogens (tertiary/aromatic N) is 1. The third-order valence-electron chi connectivity index (χ3n) is 7.14. The summed E-state index contributed by atoms with van der Waals surface area (Å²) in [5.41, 5.74) is 3.26. The van der Waals surface area contributed by atoms with E-state index in [0.29, 0.717) is 54.4 Å². The first-order valence-electron chi connectivity index (χ1n) is 14.1. The van der Waals surface area contributed by atoms with Crippen molar-refractivity contribution in [2.45, 2.75) is 44.9 Å². The molecule has 3 aromatic carbocycles. The molecule has 0 aromatic heterocycles. The minimum atomic E-state index is -3.46. The van der Waals surface area contributed by atoms with Crippen LogP contribution in [0.3, 0.4) is 0 Å². The lowest BCUT2D eigenvalue weighted by Gasteiger charge is -2.29. The van der Waals surface area contributed by atoms with Crippen LogP contribution in [0.15, 0.2) is 66.7 Å². The van der Waals surface area contributed by atoms with Gasteiger partial charge in [0.2, 0.25) is 10.0 Å². The molecular weight excluding hydrogens is 576 g/mol. The Morgan fingerprint density at radius 2 is 1.86 bits per heavy atom. The van der Waals surface area contributed by atoms with E-state index in [1.54, 1.807) is 31.4 Å². The van der Waals surface area contributed by atoms with Gasteiger partial charge < -0.3 is 25.8 Å². The normalized spacial score (nSPS) is 16.0. The SMILES string of the molecule is CCNc1cc(C(=O)N[C@@H](Cc2cccc(Cl)c2)[C@H](O)CNCc2cccc(OC)c2)cc(N2CCCCS2(=O)=O)c1. The van der Waals surface area contributed by atoms with Gasteiger partial charge in [0.1, 0.15) is 5.75 Å². The number of ether oxygens (including phenoxy) is 1. The lowest BCUT2D eigenvalue weighted by Crippen LogP contribution is -2.48. The number of carbonyl (C=O) groups excluding carboxylic acids is 1. The van der Waals surface area contributed by atoms with E-state index in [1.807, 2.05) is 49.4 Å². The molecule has 3 aromatic rings. The van der Waals surface area contributed by atoms with Crippen LogP contribution in [0.4, 0.5) is 11.4 Å². The van der Waals surface area contributed by atoms with Crippen LogP contribution in [0.2, 0.25) is 5.02 Å². The molecule has 1 saturated heterocycles. The highest BCUT2D eigenvalue weighted by atomic mass is 35.5. The first-order valence-corrected chi connectivity index (χ1v) is 16.1. The fourth-order valence-electron chi connectivity index (χ4n) is 5.01. The number of benzene rings is 3. The van der Waals surface area contributed by atoms with Gasteiger partial charge in [-0.05, 0) is 79.8 Å². The Hall–Kier alpha value is -3.31. The number of rotatable bonds is 13. The summed E-state index contributed by atoms with van der Waals surface area (Å²) in [4.78, 5) is 13.7. The molecule has 1 amide bonds. The molecule has 0 unspecified atom stereocenters. The summed E-state index contributed by atoms with van der Waals surface area (Å²) in [5, 5.41) is 21.3. The first-order chi connectivity index (χ1) is 20.2. The van der Waals surface area contributed by atoms with Crippen molar-refractivity contribution in [3.05, 3.63) is 88.4 Å². The van der Waals surface area contributed by atoms with Crippen molar-refractivity contribution in [1.82, 2.24) is 10.6 Å². The van der Waals surface area contributed by atoms with Gasteiger partial charge in [-0.15, -0.1) is 0 Å². The molecule has 42 heavy (non-hydrogen) atoms. The Labute approximate surface area is 253 Å². The van der Waals surface area contributed by atoms with E-state index in [2.05, 4.69) is 16.0 Å². The summed E-state index contributed by atoms with van der Waals surface area (Å²) in [6.07, 6.45) is 0.781. The number of amides is 1. The Balaban J connectivity index is 1.54. The van der Waals surface area contributed by atoms with Gasteiger partial charge in [-0.1, -0.05) is 35.9 Å². The average Bonchev–Trinajstić information content (AvgIpc) is 2.96. The molecule has 0 bridgehead atoms. The van der Waals surface area contributed by atoms with Gasteiger partial charge in [-0.3, -0.25) is 9.10 Å². The molecule has 0 radical (unpaired) electrons. The molecule has 1 heterocycles. The lowest BCUT2D eigenvalue weighted by atomic mass is 10.00. The Kier molecular flexibility index (Phi) is 11.1. The number of anilines is 2. The van der Waals surface area contributed by atoms with Crippen molar-refractivity contribution in [1.29, 1.82) is 0 Å². The van der Waals surface area contributed by atoms with Crippen molar-refractivity contribution in [3.63, 3.8) is 0 Å². The maximum atomic E-state index is 13.7. The summed E-state index contributed by atoms with van der Waals surface area (Å²) in [6, 6.07) is 19.4. The van der Waals surface area contributed by atoms with E-state index in [9.17, 15) is 18.3 Å². The third kappa shape index (κ3) is 8.61. The molecule has 1 aliphatic heterocycles. The van der Waals surface area contributed by atoms with Gasteiger partial charge in [-0.2, -0.15) is 0 Å². The number of hydrogen-bond acceptors (Lipinski definition) is 7. The largest absolute Gasteiger partial charge is 0.497 e. The van der Waals surface area contributed by atoms with E-state index in [-0.39, 0.29) is 12.3 Å². The topological polar surface area (TPSA) is 120 Å². The molecule has 0 spiro atoms. The van der Waals surface area contributed by atoms with Crippen molar-refractivity contribution < 1.29 is 23.1 Å². The highest BCUT2D eigenvalue weighted by Crippen LogP contribution is 2.28. The number of methoxy groups -OCH3 is 1. The average molecular weight is 615 g/mol. The number of sulfonamides is 1. The van der Waals surface area contributed by atoms with Gasteiger partial charge in [-0.25, -0.2) is 8.42 Å². The van der Waals surface area contributed by atoms with Crippen LogP contribution in [-0.4, -0.2) is 64.1 Å². The van der Waals surface area contributed by atoms with Crippen molar-refractivity contribution in [2.75, 3.05) is 42.1 Å². The zero-order chi connectivity index (χ0) is 30.1. The highest BCUT2D eigenvalue weighted by molar-refractivity contribution is 7.92. The number of carbonyl (C=O) groups is 1. The summed E-state index contributed by atoms with van der Waals surface area (Å²) in [6.45, 7) is 3.63. The predicted octanol–water partition coefficient (Wildman–Crippen LogP) is 4.20. The maximum Gasteiger partial charge on any atom is 0.251 e. The predicted molar refractivity (Wildman–Crippen MR) is 168 cm³/mol. The molecule has 0 aliphatic carbocycles. The standard InChI is InChI=1S/C31H39ClN4O5S/c1-3-34-26-17-24(18-27(19-26)36-12-4-5-13-42(36,39)40)31(38)35-29(16-22-8-6-10-25(32)14-22)30(37)21-33-20-23-9-7-11-28(15-23)41-2/h6-11,14-15,17-19,29-30,33-34,37H,3-5,12-13,16,20-21H2,1-2H3,(H,35,38)/t29-,30+/m0/s1. The first kappa shape index (κ1) is 31.6. The molecule has 4 rings (SSSR count). The van der Waals surface area contributed by atoms with Crippen molar-refractivity contribution in [3.8, 4) is 5.75 Å². The number of nitrogens with one attached hydrogen (secondary N) is 3. The van der Waals surface area contributed by atoms with E-state index in [4.69, 9.17) is 16.3 Å². The van der Waals surface area contributed by atoms with Crippen LogP contribution < -0.4 is 25.0 Å². The van der Waals surface area contributed by atoms with Crippen LogP contribution in [0, 0.1) is 0 Å². The Morgan fingerprint density at radius 1 is 1.07 bits per heavy atom. The summed E-state index contributed by atoms with van der Waals surface area (Å²) < 4.78 is 32.3. The molecule has 1 aliphatic rings. The summed E-state index contributed by atoms with van der Waals surface area (Å²) in [5.74, 6) is 0.415. The number of hydrogen-bond donors (Lipinski definition) is 4. The second-order valence-corrected chi connectivity index (χ2v) is 12.8. The van der Waals surface area contributed by atoms with Gasteiger partial charge in [0.15, 0.2) is 0 Å². The zero-order valence-electron chi connectivity index (χ0n) is 24.0. The smallest absolute Gasteiger partial charge is 0.251 e. The summed E-state index contributed by atoms with van der Waals surface area (Å²) >= 11 is 6.21. The van der Waals surface area contributed by atoms with E-state index < -0.39 is 28.1 Å². The molecule has 226 valence electrons. The fraction of sp³-hybridized carbons (Fsp3) is 0.387. The second kappa shape index (κ2) is 14.7. The molecule has 0 saturated carbocycles.